The van der Waals surface area contributed by atoms with Crippen molar-refractivity contribution in [2.24, 2.45) is 0 Å². The Labute approximate surface area is 121 Å². The zero-order chi connectivity index (χ0) is 14.4. The van der Waals surface area contributed by atoms with Gasteiger partial charge in [-0.25, -0.2) is 0 Å². The number of benzene rings is 1. The third-order valence-corrected chi connectivity index (χ3v) is 3.93. The minimum Gasteiger partial charge on any atom is -0.494 e. The molecule has 1 fully saturated rings. The van der Waals surface area contributed by atoms with E-state index in [2.05, 4.69) is 5.32 Å². The second-order valence-electron chi connectivity index (χ2n) is 5.39. The minimum atomic E-state index is 0.0156. The van der Waals surface area contributed by atoms with Crippen LogP contribution < -0.4 is 15.0 Å². The third kappa shape index (κ3) is 3.97. The van der Waals surface area contributed by atoms with Crippen molar-refractivity contribution in [3.63, 3.8) is 0 Å². The zero-order valence-corrected chi connectivity index (χ0v) is 12.4. The number of likely N-dealkylation sites (tertiary alicyclic amines) is 1. The van der Waals surface area contributed by atoms with E-state index in [9.17, 15) is 4.79 Å². The van der Waals surface area contributed by atoms with Crippen molar-refractivity contribution in [1.82, 2.24) is 0 Å². The summed E-state index contributed by atoms with van der Waals surface area (Å²) >= 11 is 0. The first kappa shape index (κ1) is 14.9. The lowest BCUT2D eigenvalue weighted by Gasteiger charge is -2.28. The van der Waals surface area contributed by atoms with Crippen LogP contribution in [-0.4, -0.2) is 31.6 Å². The van der Waals surface area contributed by atoms with Gasteiger partial charge in [0.15, 0.2) is 6.04 Å². The number of amides is 1. The van der Waals surface area contributed by atoms with Crippen LogP contribution in [0.1, 0.15) is 33.1 Å². The first-order chi connectivity index (χ1) is 9.70. The molecule has 0 aromatic heterocycles. The Morgan fingerprint density at radius 2 is 1.90 bits per heavy atom. The second kappa shape index (κ2) is 7.29. The molecule has 0 unspecified atom stereocenters. The summed E-state index contributed by atoms with van der Waals surface area (Å²) in [6.07, 6.45) is 3.77. The lowest BCUT2D eigenvalue weighted by Crippen LogP contribution is -3.17. The molecule has 20 heavy (non-hydrogen) atoms. The van der Waals surface area contributed by atoms with Gasteiger partial charge in [-0.15, -0.1) is 0 Å². The number of rotatable bonds is 5. The number of quaternary nitrogens is 1. The molecule has 2 N–H and O–H groups in total. The Balaban J connectivity index is 1.89. The van der Waals surface area contributed by atoms with Crippen molar-refractivity contribution in [3.8, 4) is 5.75 Å². The van der Waals surface area contributed by atoms with Crippen LogP contribution in [0.4, 0.5) is 5.69 Å². The Morgan fingerprint density at radius 1 is 1.25 bits per heavy atom. The van der Waals surface area contributed by atoms with E-state index in [1.807, 2.05) is 38.1 Å². The van der Waals surface area contributed by atoms with Gasteiger partial charge in [-0.1, -0.05) is 0 Å². The molecule has 0 spiro atoms. The Kier molecular flexibility index (Phi) is 5.41. The average molecular weight is 277 g/mol. The molecule has 2 rings (SSSR count). The number of hydrogen-bond acceptors (Lipinski definition) is 2. The third-order valence-electron chi connectivity index (χ3n) is 3.93. The van der Waals surface area contributed by atoms with Gasteiger partial charge < -0.3 is 15.0 Å². The van der Waals surface area contributed by atoms with Gasteiger partial charge in [0.1, 0.15) is 5.75 Å². The molecule has 1 amide bonds. The van der Waals surface area contributed by atoms with Gasteiger partial charge in [0.05, 0.1) is 19.7 Å². The maximum atomic E-state index is 12.3. The number of anilines is 1. The van der Waals surface area contributed by atoms with Gasteiger partial charge in [0.2, 0.25) is 0 Å². The Morgan fingerprint density at radius 3 is 2.50 bits per heavy atom. The van der Waals surface area contributed by atoms with Crippen LogP contribution in [0, 0.1) is 0 Å². The van der Waals surface area contributed by atoms with Gasteiger partial charge in [-0.3, -0.25) is 4.79 Å². The second-order valence-corrected chi connectivity index (χ2v) is 5.39. The van der Waals surface area contributed by atoms with Crippen molar-refractivity contribution in [1.29, 1.82) is 0 Å². The van der Waals surface area contributed by atoms with Gasteiger partial charge >= 0.3 is 0 Å². The topological polar surface area (TPSA) is 42.8 Å². The van der Waals surface area contributed by atoms with Gasteiger partial charge in [-0.05, 0) is 57.4 Å². The van der Waals surface area contributed by atoms with Crippen molar-refractivity contribution in [3.05, 3.63) is 24.3 Å². The summed E-state index contributed by atoms with van der Waals surface area (Å²) in [5, 5.41) is 2.99. The first-order valence-corrected chi connectivity index (χ1v) is 7.59. The van der Waals surface area contributed by atoms with Gasteiger partial charge in [0.25, 0.3) is 5.91 Å². The molecule has 1 saturated heterocycles. The molecular weight excluding hydrogens is 252 g/mol. The number of carbonyl (C=O) groups is 1. The molecule has 1 aromatic rings. The van der Waals surface area contributed by atoms with Crippen molar-refractivity contribution < 1.29 is 14.4 Å². The monoisotopic (exact) mass is 277 g/mol. The highest BCUT2D eigenvalue weighted by Gasteiger charge is 2.26. The van der Waals surface area contributed by atoms with Crippen LogP contribution in [0.15, 0.2) is 24.3 Å². The molecule has 4 heteroatoms. The standard InChI is InChI=1S/C16H24N2O2/c1-3-20-15-9-7-14(8-10-15)17-16(19)13(2)18-11-5-4-6-12-18/h7-10,13H,3-6,11-12H2,1-2H3,(H,17,19)/p+1/t13-/m0/s1. The molecule has 1 aromatic carbocycles. The highest BCUT2D eigenvalue weighted by atomic mass is 16.5. The Hall–Kier alpha value is -1.55. The molecule has 0 radical (unpaired) electrons. The highest BCUT2D eigenvalue weighted by molar-refractivity contribution is 5.93. The smallest absolute Gasteiger partial charge is 0.282 e. The van der Waals surface area contributed by atoms with Crippen LogP contribution >= 0.6 is 0 Å². The van der Waals surface area contributed by atoms with Gasteiger partial charge in [-0.2, -0.15) is 0 Å². The maximum Gasteiger partial charge on any atom is 0.282 e. The molecule has 110 valence electrons. The fourth-order valence-corrected chi connectivity index (χ4v) is 2.68. The van der Waals surface area contributed by atoms with E-state index in [-0.39, 0.29) is 11.9 Å². The van der Waals surface area contributed by atoms with Crippen molar-refractivity contribution in [2.45, 2.75) is 39.2 Å². The van der Waals surface area contributed by atoms with Crippen molar-refractivity contribution >= 4 is 11.6 Å². The summed E-state index contributed by atoms with van der Waals surface area (Å²) in [4.78, 5) is 13.7. The molecule has 0 bridgehead atoms. The van der Waals surface area contributed by atoms with Crippen LogP contribution in [0.3, 0.4) is 0 Å². The minimum absolute atomic E-state index is 0.0156. The lowest BCUT2D eigenvalue weighted by atomic mass is 10.1. The molecule has 4 nitrogen and oxygen atoms in total. The molecule has 1 aliphatic heterocycles. The van der Waals surface area contributed by atoms with E-state index in [1.54, 1.807) is 0 Å². The van der Waals surface area contributed by atoms with E-state index >= 15 is 0 Å². The summed E-state index contributed by atoms with van der Waals surface area (Å²) in [6.45, 7) is 6.85. The fraction of sp³-hybridized carbons (Fsp3) is 0.562. The maximum absolute atomic E-state index is 12.3. The van der Waals surface area contributed by atoms with Crippen LogP contribution in [-0.2, 0) is 4.79 Å². The van der Waals surface area contributed by atoms with E-state index in [1.165, 1.54) is 24.2 Å². The number of nitrogens with one attached hydrogen (secondary N) is 2. The number of hydrogen-bond donors (Lipinski definition) is 2. The molecular formula is C16H25N2O2+. The Bertz CT molecular complexity index is 425. The van der Waals surface area contributed by atoms with E-state index < -0.39 is 0 Å². The molecule has 1 atom stereocenters. The lowest BCUT2D eigenvalue weighted by molar-refractivity contribution is -0.918. The normalized spacial score (nSPS) is 17.5. The molecule has 0 saturated carbocycles. The average Bonchev–Trinajstić information content (AvgIpc) is 2.49. The summed E-state index contributed by atoms with van der Waals surface area (Å²) in [5.41, 5.74) is 0.835. The number of carbonyl (C=O) groups excluding carboxylic acids is 1. The zero-order valence-electron chi connectivity index (χ0n) is 12.4. The fourth-order valence-electron chi connectivity index (χ4n) is 2.68. The number of ether oxygens (including phenoxy) is 1. The van der Waals surface area contributed by atoms with E-state index in [0.717, 1.165) is 24.5 Å². The van der Waals surface area contributed by atoms with Crippen LogP contribution in [0.2, 0.25) is 0 Å². The summed E-state index contributed by atoms with van der Waals surface area (Å²) in [7, 11) is 0. The van der Waals surface area contributed by atoms with Crippen LogP contribution in [0.25, 0.3) is 0 Å². The van der Waals surface area contributed by atoms with Gasteiger partial charge in [0, 0.05) is 5.69 Å². The predicted octanol–water partition coefficient (Wildman–Crippen LogP) is 1.48. The number of piperidine rings is 1. The molecule has 0 aliphatic carbocycles. The quantitative estimate of drug-likeness (QED) is 0.856. The van der Waals surface area contributed by atoms with Crippen molar-refractivity contribution in [2.75, 3.05) is 25.0 Å². The summed E-state index contributed by atoms with van der Waals surface area (Å²) < 4.78 is 5.39. The summed E-state index contributed by atoms with van der Waals surface area (Å²) in [5.74, 6) is 0.936. The summed E-state index contributed by atoms with van der Waals surface area (Å²) in [6, 6.07) is 7.57. The molecule has 1 heterocycles. The van der Waals surface area contributed by atoms with Crippen LogP contribution in [0.5, 0.6) is 5.75 Å². The molecule has 1 aliphatic rings. The SMILES string of the molecule is CCOc1ccc(NC(=O)[C@H](C)[NH+]2CCCCC2)cc1. The predicted molar refractivity (Wildman–Crippen MR) is 80.3 cm³/mol. The first-order valence-electron chi connectivity index (χ1n) is 7.59. The van der Waals surface area contributed by atoms with E-state index in [0.29, 0.717) is 6.61 Å². The largest absolute Gasteiger partial charge is 0.494 e. The highest BCUT2D eigenvalue weighted by Crippen LogP contribution is 2.15. The van der Waals surface area contributed by atoms with E-state index in [4.69, 9.17) is 4.74 Å².